The average molecular weight is 162 g/mol. The molecule has 0 radical (unpaired) electrons. The molecule has 0 saturated carbocycles. The van der Waals surface area contributed by atoms with Crippen LogP contribution in [0.15, 0.2) is 30.6 Å². The van der Waals surface area contributed by atoms with Crippen LogP contribution in [0.2, 0.25) is 0 Å². The van der Waals surface area contributed by atoms with Crippen LogP contribution in [0.25, 0.3) is 0 Å². The summed E-state index contributed by atoms with van der Waals surface area (Å²) in [5.41, 5.74) is 0. The van der Waals surface area contributed by atoms with Crippen LogP contribution in [0.1, 0.15) is 0 Å². The maximum absolute atomic E-state index is 10.1. The van der Waals surface area contributed by atoms with Crippen LogP contribution in [0.4, 0.5) is 0 Å². The van der Waals surface area contributed by atoms with Crippen molar-refractivity contribution in [3.05, 3.63) is 30.6 Å². The normalized spacial score (nSPS) is 8.36. The van der Waals surface area contributed by atoms with Gasteiger partial charge in [-0.1, -0.05) is 6.07 Å². The van der Waals surface area contributed by atoms with Gasteiger partial charge in [-0.05, 0) is 0 Å². The Balaban J connectivity index is 0.000001000. The number of aliphatic carboxylic acids is 1. The molecule has 0 saturated heterocycles. The van der Waals surface area contributed by atoms with Gasteiger partial charge in [-0.2, -0.15) is 4.57 Å². The molecule has 0 unspecified atom stereocenters. The first-order chi connectivity index (χ1) is 4.79. The van der Waals surface area contributed by atoms with Gasteiger partial charge in [-0.15, -0.1) is 0 Å². The Kier molecular flexibility index (Phi) is 5.11. The molecular formula is C7H9NNaO2+. The zero-order chi connectivity index (χ0) is 7.40. The van der Waals surface area contributed by atoms with Crippen LogP contribution in [0, 0.1) is 0 Å². The first-order valence-corrected chi connectivity index (χ1v) is 2.95. The molecule has 0 aliphatic carbocycles. The molecule has 0 aromatic carbocycles. The first kappa shape index (κ1) is 10.6. The molecule has 4 heteroatoms. The molecule has 1 N–H and O–H groups in total. The summed E-state index contributed by atoms with van der Waals surface area (Å²) < 4.78 is 1.60. The van der Waals surface area contributed by atoms with Gasteiger partial charge >= 0.3 is 35.5 Å². The van der Waals surface area contributed by atoms with E-state index >= 15 is 0 Å². The van der Waals surface area contributed by atoms with Gasteiger partial charge in [0.15, 0.2) is 12.4 Å². The molecule has 0 amide bonds. The van der Waals surface area contributed by atoms with Gasteiger partial charge in [0, 0.05) is 12.1 Å². The Morgan fingerprint density at radius 2 is 1.82 bits per heavy atom. The van der Waals surface area contributed by atoms with E-state index in [2.05, 4.69) is 0 Å². The number of carboxylic acids is 1. The van der Waals surface area contributed by atoms with Crippen molar-refractivity contribution in [2.75, 3.05) is 0 Å². The topological polar surface area (TPSA) is 41.2 Å². The number of aromatic nitrogens is 1. The summed E-state index contributed by atoms with van der Waals surface area (Å²) >= 11 is 0. The van der Waals surface area contributed by atoms with Crippen molar-refractivity contribution in [2.24, 2.45) is 0 Å². The van der Waals surface area contributed by atoms with Crippen LogP contribution in [-0.4, -0.2) is 40.6 Å². The standard InChI is InChI=1S/C7H7NO2.Na.H/c9-7(10)6-8-4-2-1-3-5-8;;/h1-5H,6H2;;/p+1. The van der Waals surface area contributed by atoms with Gasteiger partial charge in [0.25, 0.3) is 0 Å². The van der Waals surface area contributed by atoms with Crippen LogP contribution in [0.3, 0.4) is 0 Å². The molecule has 1 aromatic heterocycles. The van der Waals surface area contributed by atoms with Crippen molar-refractivity contribution < 1.29 is 14.5 Å². The van der Waals surface area contributed by atoms with E-state index in [0.717, 1.165) is 0 Å². The number of hydrogen-bond acceptors (Lipinski definition) is 1. The van der Waals surface area contributed by atoms with E-state index in [1.165, 1.54) is 0 Å². The zero-order valence-corrected chi connectivity index (χ0v) is 5.40. The fourth-order valence-corrected chi connectivity index (χ4v) is 0.696. The molecule has 0 atom stereocenters. The summed E-state index contributed by atoms with van der Waals surface area (Å²) in [6, 6.07) is 5.43. The van der Waals surface area contributed by atoms with E-state index in [1.54, 1.807) is 29.1 Å². The van der Waals surface area contributed by atoms with Crippen LogP contribution in [0.5, 0.6) is 0 Å². The van der Waals surface area contributed by atoms with E-state index in [1.807, 2.05) is 6.07 Å². The number of nitrogens with zero attached hydrogens (tertiary/aromatic N) is 1. The average Bonchev–Trinajstić information content (AvgIpc) is 1.88. The Bertz CT molecular complexity index is 225. The third kappa shape index (κ3) is 4.14. The Hall–Kier alpha value is -0.380. The second-order valence-electron chi connectivity index (χ2n) is 1.94. The molecule has 0 aliphatic rings. The Morgan fingerprint density at radius 1 is 1.27 bits per heavy atom. The summed E-state index contributed by atoms with van der Waals surface area (Å²) in [7, 11) is 0. The molecular weight excluding hydrogens is 153 g/mol. The van der Waals surface area contributed by atoms with E-state index in [-0.39, 0.29) is 36.1 Å². The van der Waals surface area contributed by atoms with Crippen molar-refractivity contribution in [2.45, 2.75) is 6.54 Å². The van der Waals surface area contributed by atoms with Crippen molar-refractivity contribution in [1.82, 2.24) is 0 Å². The molecule has 1 aromatic rings. The van der Waals surface area contributed by atoms with E-state index < -0.39 is 5.97 Å². The van der Waals surface area contributed by atoms with Gasteiger partial charge in [0.1, 0.15) is 0 Å². The number of carboxylic acid groups (broad SMARTS) is 1. The van der Waals surface area contributed by atoms with Crippen molar-refractivity contribution in [3.8, 4) is 0 Å². The second-order valence-corrected chi connectivity index (χ2v) is 1.94. The van der Waals surface area contributed by atoms with E-state index in [4.69, 9.17) is 5.11 Å². The van der Waals surface area contributed by atoms with Crippen LogP contribution in [-0.2, 0) is 11.3 Å². The molecule has 3 nitrogen and oxygen atoms in total. The predicted octanol–water partition coefficient (Wildman–Crippen LogP) is -0.590. The predicted molar refractivity (Wildman–Crippen MR) is 41.4 cm³/mol. The summed E-state index contributed by atoms with van der Waals surface area (Å²) in [4.78, 5) is 10.1. The molecule has 0 spiro atoms. The maximum atomic E-state index is 10.1. The summed E-state index contributed by atoms with van der Waals surface area (Å²) in [6.07, 6.45) is 3.43. The third-order valence-electron chi connectivity index (χ3n) is 1.10. The molecule has 11 heavy (non-hydrogen) atoms. The molecule has 1 rings (SSSR count). The third-order valence-corrected chi connectivity index (χ3v) is 1.10. The minimum atomic E-state index is -0.823. The molecule has 1 heterocycles. The molecule has 0 fully saturated rings. The Morgan fingerprint density at radius 3 is 2.27 bits per heavy atom. The monoisotopic (exact) mass is 162 g/mol. The summed E-state index contributed by atoms with van der Waals surface area (Å²) in [5.74, 6) is -0.823. The fraction of sp³-hybridized carbons (Fsp3) is 0.143. The number of pyridine rings is 1. The van der Waals surface area contributed by atoms with Gasteiger partial charge in [0.2, 0.25) is 6.54 Å². The number of carbonyl (C=O) groups is 1. The SMILES string of the molecule is O=C(O)C[n+]1ccccc1.[NaH]. The Labute approximate surface area is 87.0 Å². The van der Waals surface area contributed by atoms with Crippen molar-refractivity contribution >= 4 is 35.5 Å². The van der Waals surface area contributed by atoms with Gasteiger partial charge in [-0.25, -0.2) is 4.79 Å². The summed E-state index contributed by atoms with van der Waals surface area (Å²) in [5, 5.41) is 8.35. The van der Waals surface area contributed by atoms with Crippen molar-refractivity contribution in [3.63, 3.8) is 0 Å². The summed E-state index contributed by atoms with van der Waals surface area (Å²) in [6.45, 7) is 0.0286. The zero-order valence-electron chi connectivity index (χ0n) is 5.40. The van der Waals surface area contributed by atoms with E-state index in [0.29, 0.717) is 0 Å². The van der Waals surface area contributed by atoms with Crippen LogP contribution >= 0.6 is 0 Å². The van der Waals surface area contributed by atoms with Gasteiger partial charge in [0.05, 0.1) is 0 Å². The van der Waals surface area contributed by atoms with Crippen molar-refractivity contribution in [1.29, 1.82) is 0 Å². The number of rotatable bonds is 2. The van der Waals surface area contributed by atoms with E-state index in [9.17, 15) is 4.79 Å². The quantitative estimate of drug-likeness (QED) is 0.466. The molecule has 0 aliphatic heterocycles. The second kappa shape index (κ2) is 5.29. The van der Waals surface area contributed by atoms with Gasteiger partial charge < -0.3 is 5.11 Å². The number of hydrogen-bond donors (Lipinski definition) is 1. The minimum absolute atomic E-state index is 0. The fourth-order valence-electron chi connectivity index (χ4n) is 0.696. The van der Waals surface area contributed by atoms with Crippen LogP contribution < -0.4 is 4.57 Å². The first-order valence-electron chi connectivity index (χ1n) is 2.95. The molecule has 0 bridgehead atoms. The molecule has 54 valence electrons. The van der Waals surface area contributed by atoms with Gasteiger partial charge in [-0.3, -0.25) is 0 Å².